The molecule has 1 amide bonds. The summed E-state index contributed by atoms with van der Waals surface area (Å²) in [5.41, 5.74) is 6.12. The molecule has 0 spiro atoms. The summed E-state index contributed by atoms with van der Waals surface area (Å²) in [4.78, 5) is 33.2. The number of aromatic nitrogens is 1. The van der Waals surface area contributed by atoms with E-state index in [2.05, 4.69) is 39.5 Å². The number of fused-ring (bicyclic) bond motifs is 3. The lowest BCUT2D eigenvalue weighted by molar-refractivity contribution is -0.116. The number of hydrogen-bond acceptors (Lipinski definition) is 4. The highest BCUT2D eigenvalue weighted by atomic mass is 16.1. The van der Waals surface area contributed by atoms with Gasteiger partial charge in [-0.05, 0) is 48.0 Å². The highest BCUT2D eigenvalue weighted by molar-refractivity contribution is 6.27. The minimum Gasteiger partial charge on any atom is -0.325 e. The predicted octanol–water partition coefficient (Wildman–Crippen LogP) is 5.22. The first-order valence-corrected chi connectivity index (χ1v) is 11.8. The minimum absolute atomic E-state index is 0.0658. The van der Waals surface area contributed by atoms with Crippen LogP contribution in [-0.4, -0.2) is 34.7 Å². The predicted molar refractivity (Wildman–Crippen MR) is 134 cm³/mol. The van der Waals surface area contributed by atoms with Crippen LogP contribution in [0, 0.1) is 0 Å². The van der Waals surface area contributed by atoms with Gasteiger partial charge in [0.15, 0.2) is 5.78 Å². The van der Waals surface area contributed by atoms with Gasteiger partial charge in [-0.2, -0.15) is 0 Å². The van der Waals surface area contributed by atoms with Gasteiger partial charge in [0.05, 0.1) is 16.9 Å². The molecule has 0 atom stereocenters. The molecule has 1 N–H and O–H groups in total. The number of benzene rings is 3. The van der Waals surface area contributed by atoms with E-state index in [1.54, 1.807) is 6.20 Å². The molecule has 34 heavy (non-hydrogen) atoms. The third-order valence-corrected chi connectivity index (χ3v) is 6.94. The molecule has 0 saturated carbocycles. The normalized spacial score (nSPS) is 14.5. The molecule has 0 unspecified atom stereocenters. The summed E-state index contributed by atoms with van der Waals surface area (Å²) >= 11 is 0. The van der Waals surface area contributed by atoms with E-state index in [-0.39, 0.29) is 11.7 Å². The molecule has 4 aromatic rings. The van der Waals surface area contributed by atoms with Crippen molar-refractivity contribution in [1.29, 1.82) is 0 Å². The fourth-order valence-corrected chi connectivity index (χ4v) is 5.28. The Kier molecular flexibility index (Phi) is 5.19. The molecule has 3 aromatic carbocycles. The van der Waals surface area contributed by atoms with Crippen molar-refractivity contribution >= 4 is 28.2 Å². The van der Waals surface area contributed by atoms with Crippen LogP contribution in [0.5, 0.6) is 0 Å². The topological polar surface area (TPSA) is 62.3 Å². The highest BCUT2D eigenvalue weighted by Gasteiger charge is 2.28. The number of rotatable bonds is 5. The molecule has 0 fully saturated rings. The van der Waals surface area contributed by atoms with Crippen LogP contribution in [0.3, 0.4) is 0 Å². The minimum atomic E-state index is -0.0661. The van der Waals surface area contributed by atoms with Gasteiger partial charge < -0.3 is 5.32 Å². The van der Waals surface area contributed by atoms with Crippen LogP contribution in [0.25, 0.3) is 22.0 Å². The zero-order valence-corrected chi connectivity index (χ0v) is 18.9. The molecule has 2 aliphatic rings. The van der Waals surface area contributed by atoms with Gasteiger partial charge in [0.25, 0.3) is 0 Å². The molecule has 5 heteroatoms. The van der Waals surface area contributed by atoms with Crippen molar-refractivity contribution in [3.05, 3.63) is 95.2 Å². The van der Waals surface area contributed by atoms with Crippen molar-refractivity contribution in [3.8, 4) is 11.3 Å². The summed E-state index contributed by atoms with van der Waals surface area (Å²) in [5.74, 6) is -0.132. The Labute approximate surface area is 198 Å². The Morgan fingerprint density at radius 2 is 1.76 bits per heavy atom. The second kappa shape index (κ2) is 8.50. The van der Waals surface area contributed by atoms with Crippen LogP contribution in [0.1, 0.15) is 39.9 Å². The van der Waals surface area contributed by atoms with Crippen LogP contribution in [0.4, 0.5) is 5.69 Å². The molecule has 5 nitrogen and oxygen atoms in total. The Morgan fingerprint density at radius 3 is 2.68 bits per heavy atom. The summed E-state index contributed by atoms with van der Waals surface area (Å²) in [7, 11) is 0. The zero-order chi connectivity index (χ0) is 23.1. The standard InChI is InChI=1S/C29H25N3O2/c33-25(12-5-16-32-17-14-19-6-1-2-7-21(19)18-32)31-24-11-4-9-22-27(24)29(34)23-10-3-8-20-13-15-30-28(22)26(20)23/h1-4,6-11,13,15H,5,12,14,16-18H2,(H,31,33). The quantitative estimate of drug-likeness (QED) is 0.401. The van der Waals surface area contributed by atoms with E-state index >= 15 is 0 Å². The number of nitrogens with zero attached hydrogens (tertiary/aromatic N) is 2. The van der Waals surface area contributed by atoms with E-state index in [0.29, 0.717) is 23.2 Å². The average Bonchev–Trinajstić information content (AvgIpc) is 2.87. The SMILES string of the molecule is O=C(CCCN1CCc2ccccc2C1)Nc1cccc2c1C(=O)c1cccc3ccnc-2c13. The molecule has 0 saturated heterocycles. The summed E-state index contributed by atoms with van der Waals surface area (Å²) in [6, 6.07) is 21.8. The first-order valence-electron chi connectivity index (χ1n) is 11.8. The maximum Gasteiger partial charge on any atom is 0.224 e. The summed E-state index contributed by atoms with van der Waals surface area (Å²) in [6.45, 7) is 2.85. The van der Waals surface area contributed by atoms with Crippen LogP contribution in [0.15, 0.2) is 72.9 Å². The molecule has 1 aliphatic carbocycles. The molecule has 168 valence electrons. The lowest BCUT2D eigenvalue weighted by Gasteiger charge is -2.28. The maximum atomic E-state index is 13.4. The third-order valence-electron chi connectivity index (χ3n) is 6.94. The molecular weight excluding hydrogens is 422 g/mol. The van der Waals surface area contributed by atoms with Crippen LogP contribution < -0.4 is 5.32 Å². The Bertz CT molecular complexity index is 1440. The van der Waals surface area contributed by atoms with E-state index in [4.69, 9.17) is 0 Å². The number of nitrogens with one attached hydrogen (secondary N) is 1. The molecule has 6 rings (SSSR count). The fraction of sp³-hybridized carbons (Fsp3) is 0.207. The van der Waals surface area contributed by atoms with E-state index in [1.807, 2.05) is 42.5 Å². The number of anilines is 1. The van der Waals surface area contributed by atoms with Gasteiger partial charge >= 0.3 is 0 Å². The second-order valence-corrected chi connectivity index (χ2v) is 9.07. The van der Waals surface area contributed by atoms with Crippen LogP contribution in [0.2, 0.25) is 0 Å². The van der Waals surface area contributed by atoms with Gasteiger partial charge in [-0.1, -0.05) is 54.6 Å². The zero-order valence-electron chi connectivity index (χ0n) is 18.9. The summed E-state index contributed by atoms with van der Waals surface area (Å²) < 4.78 is 0. The smallest absolute Gasteiger partial charge is 0.224 e. The third kappa shape index (κ3) is 3.58. The van der Waals surface area contributed by atoms with Crippen molar-refractivity contribution in [2.24, 2.45) is 0 Å². The van der Waals surface area contributed by atoms with Gasteiger partial charge in [-0.3, -0.25) is 19.5 Å². The van der Waals surface area contributed by atoms with E-state index in [9.17, 15) is 9.59 Å². The number of hydrogen-bond donors (Lipinski definition) is 1. The lowest BCUT2D eigenvalue weighted by atomic mass is 9.85. The molecule has 0 bridgehead atoms. The van der Waals surface area contributed by atoms with E-state index in [1.165, 1.54) is 11.1 Å². The molecular formula is C29H25N3O2. The average molecular weight is 448 g/mol. The molecule has 1 aromatic heterocycles. The van der Waals surface area contributed by atoms with Gasteiger partial charge in [0, 0.05) is 42.2 Å². The number of ketones is 1. The van der Waals surface area contributed by atoms with E-state index < -0.39 is 0 Å². The molecule has 0 radical (unpaired) electrons. The highest BCUT2D eigenvalue weighted by Crippen LogP contribution is 2.40. The van der Waals surface area contributed by atoms with E-state index in [0.717, 1.165) is 54.5 Å². The maximum absolute atomic E-state index is 13.4. The largest absolute Gasteiger partial charge is 0.325 e. The number of pyridine rings is 1. The van der Waals surface area contributed by atoms with Gasteiger partial charge in [0.2, 0.25) is 5.91 Å². The van der Waals surface area contributed by atoms with Crippen molar-refractivity contribution in [1.82, 2.24) is 9.88 Å². The first kappa shape index (κ1) is 20.8. The van der Waals surface area contributed by atoms with Gasteiger partial charge in [-0.25, -0.2) is 0 Å². The van der Waals surface area contributed by atoms with Crippen LogP contribution in [-0.2, 0) is 17.8 Å². The molecule has 1 aliphatic heterocycles. The number of amides is 1. The Balaban J connectivity index is 1.17. The van der Waals surface area contributed by atoms with Crippen molar-refractivity contribution in [3.63, 3.8) is 0 Å². The van der Waals surface area contributed by atoms with Gasteiger partial charge in [-0.15, -0.1) is 0 Å². The number of carbonyl (C=O) groups is 2. The monoisotopic (exact) mass is 447 g/mol. The van der Waals surface area contributed by atoms with Gasteiger partial charge in [0.1, 0.15) is 0 Å². The number of carbonyl (C=O) groups excluding carboxylic acids is 2. The first-order chi connectivity index (χ1) is 16.7. The second-order valence-electron chi connectivity index (χ2n) is 9.07. The molecule has 2 heterocycles. The lowest BCUT2D eigenvalue weighted by Crippen LogP contribution is -2.31. The van der Waals surface area contributed by atoms with Crippen molar-refractivity contribution in [2.45, 2.75) is 25.8 Å². The summed E-state index contributed by atoms with van der Waals surface area (Å²) in [6.07, 6.45) is 4.02. The summed E-state index contributed by atoms with van der Waals surface area (Å²) in [5, 5.41) is 4.89. The fourth-order valence-electron chi connectivity index (χ4n) is 5.28. The van der Waals surface area contributed by atoms with Crippen molar-refractivity contribution in [2.75, 3.05) is 18.4 Å². The van der Waals surface area contributed by atoms with Crippen molar-refractivity contribution < 1.29 is 9.59 Å². The Hall–Kier alpha value is -3.83. The van der Waals surface area contributed by atoms with Crippen LogP contribution >= 0.6 is 0 Å². The Morgan fingerprint density at radius 1 is 0.941 bits per heavy atom.